The van der Waals surface area contributed by atoms with E-state index in [-0.39, 0.29) is 17.5 Å². The molecule has 1 unspecified atom stereocenters. The van der Waals surface area contributed by atoms with Gasteiger partial charge >= 0.3 is 5.97 Å². The Hall–Kier alpha value is -4.04. The molecule has 2 heterocycles. The van der Waals surface area contributed by atoms with Gasteiger partial charge in [0.05, 0.1) is 42.6 Å². The molecule has 1 aliphatic rings. The number of hydrogen-bond donors (Lipinski definition) is 2. The monoisotopic (exact) mass is 569 g/mol. The summed E-state index contributed by atoms with van der Waals surface area (Å²) in [5.41, 5.74) is 4.59. The summed E-state index contributed by atoms with van der Waals surface area (Å²) >= 11 is 6.15. The van der Waals surface area contributed by atoms with E-state index in [9.17, 15) is 14.7 Å². The van der Waals surface area contributed by atoms with Gasteiger partial charge in [0, 0.05) is 23.5 Å². The van der Waals surface area contributed by atoms with E-state index in [1.54, 1.807) is 12.1 Å². The lowest BCUT2D eigenvalue weighted by Gasteiger charge is -2.27. The van der Waals surface area contributed by atoms with E-state index in [2.05, 4.69) is 16.3 Å². The van der Waals surface area contributed by atoms with Crippen molar-refractivity contribution in [3.05, 3.63) is 112 Å². The van der Waals surface area contributed by atoms with Gasteiger partial charge in [-0.25, -0.2) is 9.78 Å². The average molecular weight is 570 g/mol. The van der Waals surface area contributed by atoms with Crippen molar-refractivity contribution >= 4 is 46.5 Å². The van der Waals surface area contributed by atoms with Crippen LogP contribution in [0.4, 0.5) is 0 Å². The summed E-state index contributed by atoms with van der Waals surface area (Å²) in [6.07, 6.45) is 5.01. The fraction of sp³-hybridized carbons (Fsp3) is 0.242. The van der Waals surface area contributed by atoms with Crippen LogP contribution in [0.5, 0.6) is 0 Å². The quantitative estimate of drug-likeness (QED) is 0.248. The number of amides is 1. The van der Waals surface area contributed by atoms with E-state index in [4.69, 9.17) is 21.3 Å². The highest BCUT2D eigenvalue weighted by Gasteiger charge is 2.20. The number of nitrogens with one attached hydrogen (secondary N) is 1. The first kappa shape index (κ1) is 28.5. The van der Waals surface area contributed by atoms with Crippen molar-refractivity contribution in [3.8, 4) is 0 Å². The second-order valence-corrected chi connectivity index (χ2v) is 10.5. The molecule has 2 N–H and O–H groups in total. The molecule has 8 heteroatoms. The summed E-state index contributed by atoms with van der Waals surface area (Å²) in [6, 6.07) is 24.4. The third kappa shape index (κ3) is 7.79. The number of carbonyl (C=O) groups excluding carboxylic acids is 1. The number of hydrogen-bond acceptors (Lipinski definition) is 5. The van der Waals surface area contributed by atoms with Crippen LogP contribution in [0.15, 0.2) is 78.9 Å². The summed E-state index contributed by atoms with van der Waals surface area (Å²) < 4.78 is 5.41. The largest absolute Gasteiger partial charge is 0.478 e. The van der Waals surface area contributed by atoms with Gasteiger partial charge in [0.25, 0.3) is 0 Å². The minimum Gasteiger partial charge on any atom is -0.478 e. The van der Waals surface area contributed by atoms with Crippen LogP contribution in [-0.4, -0.2) is 59.7 Å². The molecule has 3 aromatic carbocycles. The van der Waals surface area contributed by atoms with Gasteiger partial charge in [-0.1, -0.05) is 66.2 Å². The molecule has 0 saturated carbocycles. The van der Waals surface area contributed by atoms with E-state index in [0.29, 0.717) is 37.6 Å². The fourth-order valence-electron chi connectivity index (χ4n) is 5.03. The van der Waals surface area contributed by atoms with Gasteiger partial charge in [0.2, 0.25) is 5.91 Å². The number of rotatable bonds is 10. The first-order valence-corrected chi connectivity index (χ1v) is 14.1. The first-order chi connectivity index (χ1) is 19.9. The highest BCUT2D eigenvalue weighted by Crippen LogP contribution is 2.24. The van der Waals surface area contributed by atoms with Crippen LogP contribution in [0.2, 0.25) is 5.02 Å². The van der Waals surface area contributed by atoms with Crippen LogP contribution >= 0.6 is 11.6 Å². The molecule has 0 aliphatic carbocycles. The normalized spacial score (nSPS) is 14.8. The summed E-state index contributed by atoms with van der Waals surface area (Å²) in [5.74, 6) is -1.02. The van der Waals surface area contributed by atoms with Crippen molar-refractivity contribution in [1.82, 2.24) is 15.2 Å². The van der Waals surface area contributed by atoms with Crippen LogP contribution in [0.3, 0.4) is 0 Å². The Morgan fingerprint density at radius 1 is 1.00 bits per heavy atom. The molecule has 210 valence electrons. The van der Waals surface area contributed by atoms with Gasteiger partial charge < -0.3 is 15.2 Å². The standard InChI is InChI=1S/C33H32ClN3O4/c34-27-12-9-25-10-14-28(35-31(25)21-27)13-8-23-4-3-6-26(20-23)30(36-32(38)22-37-16-18-41-19-17-37)15-11-24-5-1-2-7-29(24)33(39)40/h1-10,12-14,20-21,30H,11,15-19,22H2,(H,36,38)(H,39,40). The van der Waals surface area contributed by atoms with E-state index in [1.807, 2.05) is 72.8 Å². The van der Waals surface area contributed by atoms with Crippen LogP contribution in [0.25, 0.3) is 23.1 Å². The lowest BCUT2D eigenvalue weighted by molar-refractivity contribution is -0.124. The first-order valence-electron chi connectivity index (χ1n) is 13.7. The predicted molar refractivity (Wildman–Crippen MR) is 162 cm³/mol. The minimum absolute atomic E-state index is 0.0663. The van der Waals surface area contributed by atoms with Crippen LogP contribution < -0.4 is 5.32 Å². The molecule has 1 amide bonds. The number of carboxylic acid groups (broad SMARTS) is 1. The lowest BCUT2D eigenvalue weighted by Crippen LogP contribution is -2.44. The second-order valence-electron chi connectivity index (χ2n) is 10.1. The number of aromatic nitrogens is 1. The Bertz CT molecular complexity index is 1570. The third-order valence-electron chi connectivity index (χ3n) is 7.19. The second kappa shape index (κ2) is 13.5. The van der Waals surface area contributed by atoms with Gasteiger partial charge in [-0.05, 0) is 65.9 Å². The predicted octanol–water partition coefficient (Wildman–Crippen LogP) is 5.88. The molecule has 1 saturated heterocycles. The number of morpholine rings is 1. The van der Waals surface area contributed by atoms with Crippen molar-refractivity contribution in [3.63, 3.8) is 0 Å². The van der Waals surface area contributed by atoms with E-state index >= 15 is 0 Å². The summed E-state index contributed by atoms with van der Waals surface area (Å²) in [6.45, 7) is 2.98. The maximum atomic E-state index is 13.1. The summed E-state index contributed by atoms with van der Waals surface area (Å²) in [5, 5.41) is 14.5. The molecule has 1 atom stereocenters. The summed E-state index contributed by atoms with van der Waals surface area (Å²) in [7, 11) is 0. The zero-order valence-electron chi connectivity index (χ0n) is 22.6. The van der Waals surface area contributed by atoms with Crippen molar-refractivity contribution in [1.29, 1.82) is 0 Å². The van der Waals surface area contributed by atoms with Crippen molar-refractivity contribution in [2.75, 3.05) is 32.8 Å². The summed E-state index contributed by atoms with van der Waals surface area (Å²) in [4.78, 5) is 31.6. The number of benzene rings is 3. The van der Waals surface area contributed by atoms with Crippen molar-refractivity contribution in [2.24, 2.45) is 0 Å². The maximum absolute atomic E-state index is 13.1. The van der Waals surface area contributed by atoms with Gasteiger partial charge in [-0.2, -0.15) is 0 Å². The Balaban J connectivity index is 1.36. The van der Waals surface area contributed by atoms with E-state index in [1.165, 1.54) is 0 Å². The van der Waals surface area contributed by atoms with E-state index in [0.717, 1.165) is 46.4 Å². The smallest absolute Gasteiger partial charge is 0.335 e. The Kier molecular flexibility index (Phi) is 9.41. The number of ether oxygens (including phenoxy) is 1. The zero-order chi connectivity index (χ0) is 28.6. The molecule has 0 radical (unpaired) electrons. The number of pyridine rings is 1. The zero-order valence-corrected chi connectivity index (χ0v) is 23.4. The highest BCUT2D eigenvalue weighted by molar-refractivity contribution is 6.31. The van der Waals surface area contributed by atoms with Gasteiger partial charge in [0.15, 0.2) is 0 Å². The molecule has 0 spiro atoms. The Labute approximate surface area is 244 Å². The van der Waals surface area contributed by atoms with E-state index < -0.39 is 5.97 Å². The lowest BCUT2D eigenvalue weighted by atomic mass is 9.95. The molecule has 4 aromatic rings. The van der Waals surface area contributed by atoms with Crippen molar-refractivity contribution < 1.29 is 19.4 Å². The molecule has 5 rings (SSSR count). The number of aryl methyl sites for hydroxylation is 1. The molecular weight excluding hydrogens is 538 g/mol. The van der Waals surface area contributed by atoms with Gasteiger partial charge in [0.1, 0.15) is 0 Å². The fourth-order valence-corrected chi connectivity index (χ4v) is 5.20. The number of carboxylic acids is 1. The van der Waals surface area contributed by atoms with Gasteiger partial charge in [-0.15, -0.1) is 0 Å². The number of nitrogens with zero attached hydrogens (tertiary/aromatic N) is 2. The highest BCUT2D eigenvalue weighted by atomic mass is 35.5. The molecule has 1 aliphatic heterocycles. The molecule has 1 aromatic heterocycles. The number of carbonyl (C=O) groups is 2. The number of fused-ring (bicyclic) bond motifs is 1. The van der Waals surface area contributed by atoms with Crippen LogP contribution in [0.1, 0.15) is 45.2 Å². The molecule has 1 fully saturated rings. The minimum atomic E-state index is -0.954. The number of halogens is 1. The molecule has 0 bridgehead atoms. The average Bonchev–Trinajstić information content (AvgIpc) is 2.98. The van der Waals surface area contributed by atoms with Crippen LogP contribution in [0, 0.1) is 0 Å². The SMILES string of the molecule is O=C(CN1CCOCC1)NC(CCc1ccccc1C(=O)O)c1cccc(C=Cc2ccc3ccc(Cl)cc3n2)c1. The molecule has 7 nitrogen and oxygen atoms in total. The third-order valence-corrected chi connectivity index (χ3v) is 7.43. The topological polar surface area (TPSA) is 91.8 Å². The number of aromatic carboxylic acids is 1. The maximum Gasteiger partial charge on any atom is 0.335 e. The van der Waals surface area contributed by atoms with Crippen LogP contribution in [-0.2, 0) is 16.0 Å². The molecule has 41 heavy (non-hydrogen) atoms. The molecular formula is C33H32ClN3O4. The van der Waals surface area contributed by atoms with Crippen molar-refractivity contribution in [2.45, 2.75) is 18.9 Å². The Morgan fingerprint density at radius 2 is 1.80 bits per heavy atom. The Morgan fingerprint density at radius 3 is 2.63 bits per heavy atom. The van der Waals surface area contributed by atoms with Gasteiger partial charge in [-0.3, -0.25) is 9.69 Å².